The van der Waals surface area contributed by atoms with Crippen molar-refractivity contribution >= 4 is 17.2 Å². The van der Waals surface area contributed by atoms with Crippen molar-refractivity contribution in [1.82, 2.24) is 15.3 Å². The van der Waals surface area contributed by atoms with E-state index in [9.17, 15) is 9.59 Å². The Morgan fingerprint density at radius 1 is 1.41 bits per heavy atom. The zero-order valence-electron chi connectivity index (χ0n) is 13.3. The zero-order chi connectivity index (χ0) is 16.3. The van der Waals surface area contributed by atoms with Gasteiger partial charge < -0.3 is 10.3 Å². The van der Waals surface area contributed by atoms with Crippen LogP contribution in [-0.2, 0) is 17.8 Å². The van der Waals surface area contributed by atoms with Crippen LogP contribution in [0, 0.1) is 13.8 Å². The molecule has 0 saturated carbocycles. The summed E-state index contributed by atoms with van der Waals surface area (Å²) in [4.78, 5) is 31.1. The Balaban J connectivity index is 1.97. The molecular weight excluding hydrogens is 298 g/mol. The number of carbonyl (C=O) groups excluding carboxylic acids is 1. The van der Waals surface area contributed by atoms with Crippen LogP contribution >= 0.6 is 11.3 Å². The van der Waals surface area contributed by atoms with E-state index in [0.29, 0.717) is 11.5 Å². The fraction of sp³-hybridized carbons (Fsp3) is 0.438. The number of pyridine rings is 1. The van der Waals surface area contributed by atoms with E-state index in [4.69, 9.17) is 0 Å². The SMILES string of the molecule is Cc1cc(C)c(CNC(=O)Cc2csc(C(C)C)n2)c(=O)[nH]1. The summed E-state index contributed by atoms with van der Waals surface area (Å²) in [6, 6.07) is 1.90. The Bertz CT molecular complexity index is 731. The Hall–Kier alpha value is -1.95. The molecule has 1 amide bonds. The van der Waals surface area contributed by atoms with E-state index in [1.54, 1.807) is 11.3 Å². The van der Waals surface area contributed by atoms with Crippen LogP contribution in [-0.4, -0.2) is 15.9 Å². The Morgan fingerprint density at radius 3 is 2.73 bits per heavy atom. The summed E-state index contributed by atoms with van der Waals surface area (Å²) in [5.41, 5.74) is 2.94. The van der Waals surface area contributed by atoms with Gasteiger partial charge >= 0.3 is 0 Å². The first kappa shape index (κ1) is 16.4. The Morgan fingerprint density at radius 2 is 2.14 bits per heavy atom. The quantitative estimate of drug-likeness (QED) is 0.889. The number of hydrogen-bond donors (Lipinski definition) is 2. The summed E-state index contributed by atoms with van der Waals surface area (Å²) < 4.78 is 0. The van der Waals surface area contributed by atoms with Crippen LogP contribution in [0.4, 0.5) is 0 Å². The minimum Gasteiger partial charge on any atom is -0.351 e. The first-order valence-corrected chi connectivity index (χ1v) is 8.15. The Labute approximate surface area is 133 Å². The standard InChI is InChI=1S/C16H21N3O2S/c1-9(2)16-19-12(8-22-16)6-14(20)17-7-13-10(3)5-11(4)18-15(13)21/h5,8-9H,6-7H2,1-4H3,(H,17,20)(H,18,21). The first-order valence-electron chi connectivity index (χ1n) is 7.27. The number of aromatic amines is 1. The van der Waals surface area contributed by atoms with Gasteiger partial charge in [-0.15, -0.1) is 11.3 Å². The summed E-state index contributed by atoms with van der Waals surface area (Å²) >= 11 is 1.57. The van der Waals surface area contributed by atoms with E-state index in [-0.39, 0.29) is 24.4 Å². The predicted molar refractivity (Wildman–Crippen MR) is 88.3 cm³/mol. The highest BCUT2D eigenvalue weighted by Crippen LogP contribution is 2.19. The van der Waals surface area contributed by atoms with Gasteiger partial charge in [-0.05, 0) is 25.5 Å². The highest BCUT2D eigenvalue weighted by Gasteiger charge is 2.11. The molecule has 0 aromatic carbocycles. The molecule has 0 bridgehead atoms. The van der Waals surface area contributed by atoms with Crippen LogP contribution in [0.5, 0.6) is 0 Å². The number of nitrogens with one attached hydrogen (secondary N) is 2. The van der Waals surface area contributed by atoms with Crippen LogP contribution in [0.25, 0.3) is 0 Å². The van der Waals surface area contributed by atoms with Gasteiger partial charge in [-0.2, -0.15) is 0 Å². The molecule has 6 heteroatoms. The average Bonchev–Trinajstić information content (AvgIpc) is 2.86. The molecule has 2 N–H and O–H groups in total. The molecule has 2 aromatic rings. The number of aromatic nitrogens is 2. The maximum Gasteiger partial charge on any atom is 0.253 e. The van der Waals surface area contributed by atoms with Crippen molar-refractivity contribution in [2.75, 3.05) is 0 Å². The molecule has 22 heavy (non-hydrogen) atoms. The third kappa shape index (κ3) is 4.04. The Kier molecular flexibility index (Phi) is 5.13. The van der Waals surface area contributed by atoms with Crippen LogP contribution in [0.2, 0.25) is 0 Å². The lowest BCUT2D eigenvalue weighted by Crippen LogP contribution is -2.29. The van der Waals surface area contributed by atoms with Gasteiger partial charge in [-0.1, -0.05) is 13.8 Å². The topological polar surface area (TPSA) is 74.8 Å². The maximum atomic E-state index is 12.0. The van der Waals surface area contributed by atoms with Gasteiger partial charge in [0.1, 0.15) is 0 Å². The zero-order valence-corrected chi connectivity index (χ0v) is 14.1. The van der Waals surface area contributed by atoms with Crippen LogP contribution in [0.1, 0.15) is 47.3 Å². The lowest BCUT2D eigenvalue weighted by molar-refractivity contribution is -0.120. The fourth-order valence-electron chi connectivity index (χ4n) is 2.18. The number of aryl methyl sites for hydroxylation is 2. The van der Waals surface area contributed by atoms with Crippen molar-refractivity contribution < 1.29 is 4.79 Å². The third-order valence-corrected chi connectivity index (χ3v) is 4.56. The van der Waals surface area contributed by atoms with Gasteiger partial charge in [0.05, 0.1) is 17.1 Å². The van der Waals surface area contributed by atoms with Gasteiger partial charge in [0.25, 0.3) is 5.56 Å². The molecule has 2 rings (SSSR count). The molecule has 0 radical (unpaired) electrons. The summed E-state index contributed by atoms with van der Waals surface area (Å²) in [6.07, 6.45) is 0.242. The van der Waals surface area contributed by atoms with Crippen molar-refractivity contribution in [3.8, 4) is 0 Å². The molecule has 5 nitrogen and oxygen atoms in total. The second-order valence-corrected chi connectivity index (χ2v) is 6.62. The van der Waals surface area contributed by atoms with E-state index in [1.165, 1.54) is 0 Å². The van der Waals surface area contributed by atoms with Gasteiger partial charge in [0.2, 0.25) is 5.91 Å². The number of nitrogens with zero attached hydrogens (tertiary/aromatic N) is 1. The van der Waals surface area contributed by atoms with E-state index >= 15 is 0 Å². The summed E-state index contributed by atoms with van der Waals surface area (Å²) in [5, 5.41) is 5.74. The van der Waals surface area contributed by atoms with E-state index in [1.807, 2.05) is 25.3 Å². The molecule has 0 unspecified atom stereocenters. The lowest BCUT2D eigenvalue weighted by atomic mass is 10.1. The van der Waals surface area contributed by atoms with Crippen molar-refractivity contribution in [3.05, 3.63) is 49.3 Å². The summed E-state index contributed by atoms with van der Waals surface area (Å²) in [5.74, 6) is 0.246. The molecule has 0 aliphatic heterocycles. The number of rotatable bonds is 5. The van der Waals surface area contributed by atoms with Gasteiger partial charge in [-0.3, -0.25) is 9.59 Å². The van der Waals surface area contributed by atoms with Crippen molar-refractivity contribution in [3.63, 3.8) is 0 Å². The molecule has 118 valence electrons. The second-order valence-electron chi connectivity index (χ2n) is 5.73. The van der Waals surface area contributed by atoms with Crippen LogP contribution in [0.3, 0.4) is 0 Å². The van der Waals surface area contributed by atoms with E-state index < -0.39 is 0 Å². The number of amides is 1. The first-order chi connectivity index (χ1) is 10.4. The summed E-state index contributed by atoms with van der Waals surface area (Å²) in [6.45, 7) is 8.11. The van der Waals surface area contributed by atoms with Gasteiger partial charge in [-0.25, -0.2) is 4.98 Å². The molecule has 2 aromatic heterocycles. The van der Waals surface area contributed by atoms with E-state index in [0.717, 1.165) is 22.0 Å². The maximum absolute atomic E-state index is 12.0. The number of H-pyrrole nitrogens is 1. The van der Waals surface area contributed by atoms with Crippen molar-refractivity contribution in [2.45, 2.75) is 46.6 Å². The molecule has 0 aliphatic rings. The molecule has 2 heterocycles. The number of carbonyl (C=O) groups is 1. The van der Waals surface area contributed by atoms with Gasteiger partial charge in [0, 0.05) is 29.1 Å². The monoisotopic (exact) mass is 319 g/mol. The van der Waals surface area contributed by atoms with Crippen LogP contribution in [0.15, 0.2) is 16.2 Å². The van der Waals surface area contributed by atoms with Crippen molar-refractivity contribution in [2.24, 2.45) is 0 Å². The fourth-order valence-corrected chi connectivity index (χ4v) is 3.02. The second kappa shape index (κ2) is 6.87. The predicted octanol–water partition coefficient (Wildman–Crippen LogP) is 2.43. The highest BCUT2D eigenvalue weighted by molar-refractivity contribution is 7.09. The molecule has 0 fully saturated rings. The molecule has 0 atom stereocenters. The van der Waals surface area contributed by atoms with Crippen molar-refractivity contribution in [1.29, 1.82) is 0 Å². The minimum absolute atomic E-state index is 0.125. The number of hydrogen-bond acceptors (Lipinski definition) is 4. The average molecular weight is 319 g/mol. The molecule has 0 saturated heterocycles. The third-order valence-electron chi connectivity index (χ3n) is 3.36. The normalized spacial score (nSPS) is 11.0. The number of thiazole rings is 1. The van der Waals surface area contributed by atoms with Gasteiger partial charge in [0.15, 0.2) is 0 Å². The minimum atomic E-state index is -0.145. The lowest BCUT2D eigenvalue weighted by Gasteiger charge is -2.07. The molecular formula is C16H21N3O2S. The molecule has 0 spiro atoms. The highest BCUT2D eigenvalue weighted by atomic mass is 32.1. The van der Waals surface area contributed by atoms with Crippen LogP contribution < -0.4 is 10.9 Å². The smallest absolute Gasteiger partial charge is 0.253 e. The van der Waals surface area contributed by atoms with E-state index in [2.05, 4.69) is 29.1 Å². The largest absolute Gasteiger partial charge is 0.351 e. The summed E-state index contributed by atoms with van der Waals surface area (Å²) in [7, 11) is 0. The molecule has 0 aliphatic carbocycles.